The van der Waals surface area contributed by atoms with E-state index in [4.69, 9.17) is 37.0 Å². The molecule has 17 nitrogen and oxygen atoms in total. The van der Waals surface area contributed by atoms with E-state index in [1.807, 2.05) is 0 Å². The maximum atomic E-state index is 13.0. The van der Waals surface area contributed by atoms with Crippen molar-refractivity contribution in [3.8, 4) is 0 Å². The first kappa shape index (κ1) is 83.1. The molecule has 0 fully saturated rings. The van der Waals surface area contributed by atoms with Crippen molar-refractivity contribution in [1.29, 1.82) is 0 Å². The highest BCUT2D eigenvalue weighted by molar-refractivity contribution is 7.47. The third-order valence-corrected chi connectivity index (χ3v) is 17.5. The van der Waals surface area contributed by atoms with E-state index in [-0.39, 0.29) is 25.7 Å². The van der Waals surface area contributed by atoms with Crippen molar-refractivity contribution in [3.63, 3.8) is 0 Å². The van der Waals surface area contributed by atoms with Gasteiger partial charge in [0.05, 0.1) is 26.4 Å². The summed E-state index contributed by atoms with van der Waals surface area (Å²) in [6.07, 6.45) is 41.5. The quantitative estimate of drug-likeness (QED) is 0.0222. The number of esters is 4. The van der Waals surface area contributed by atoms with Crippen molar-refractivity contribution >= 4 is 39.5 Å². The summed E-state index contributed by atoms with van der Waals surface area (Å²) >= 11 is 0. The minimum absolute atomic E-state index is 0.105. The largest absolute Gasteiger partial charge is 0.472 e. The Morgan fingerprint density at radius 3 is 0.894 bits per heavy atom. The minimum atomic E-state index is -4.95. The van der Waals surface area contributed by atoms with Crippen LogP contribution < -0.4 is 0 Å². The molecule has 0 aromatic heterocycles. The standard InChI is InChI=1S/C66H128O17P2/c1-7-10-12-14-16-18-19-24-32-38-44-50-65(70)82-61(54-76-63(68)48-42-36-30-22-17-15-13-11-8-2)56-80-84(72,73)78-52-60(67)53-79-85(74,75)81-57-62(55-77-64(69)49-43-37-31-27-26-29-35-41-47-59(6)9-3)83-66(71)51-45-39-33-25-21-20-23-28-34-40-46-58(4)5/h58-62,67H,7-57H2,1-6H3,(H,72,73)(H,74,75)/t59?,60-,61+,62+/m0/s1. The molecule has 0 aliphatic heterocycles. The summed E-state index contributed by atoms with van der Waals surface area (Å²) in [6.45, 7) is 9.49. The lowest BCUT2D eigenvalue weighted by atomic mass is 9.99. The maximum Gasteiger partial charge on any atom is 0.472 e. The summed E-state index contributed by atoms with van der Waals surface area (Å²) in [6, 6.07) is 0. The van der Waals surface area contributed by atoms with Gasteiger partial charge in [-0.1, -0.05) is 279 Å². The zero-order valence-corrected chi connectivity index (χ0v) is 56.7. The lowest BCUT2D eigenvalue weighted by molar-refractivity contribution is -0.161. The van der Waals surface area contributed by atoms with E-state index in [0.717, 1.165) is 102 Å². The Balaban J connectivity index is 5.25. The van der Waals surface area contributed by atoms with E-state index < -0.39 is 97.5 Å². The fraction of sp³-hybridized carbons (Fsp3) is 0.939. The molecule has 504 valence electrons. The third kappa shape index (κ3) is 59.5. The molecule has 0 amide bonds. The summed E-state index contributed by atoms with van der Waals surface area (Å²) in [5, 5.41) is 10.5. The first-order valence-electron chi connectivity index (χ1n) is 34.5. The predicted molar refractivity (Wildman–Crippen MR) is 340 cm³/mol. The van der Waals surface area contributed by atoms with Crippen LogP contribution in [-0.2, 0) is 65.4 Å². The molecule has 0 aliphatic carbocycles. The number of carbonyl (C=O) groups excluding carboxylic acids is 4. The molecule has 85 heavy (non-hydrogen) atoms. The highest BCUT2D eigenvalue weighted by atomic mass is 31.2. The monoisotopic (exact) mass is 1250 g/mol. The second kappa shape index (κ2) is 58.4. The molecule has 0 rings (SSSR count). The van der Waals surface area contributed by atoms with Crippen molar-refractivity contribution in [2.75, 3.05) is 39.6 Å². The molecule has 19 heteroatoms. The first-order valence-corrected chi connectivity index (χ1v) is 37.5. The SMILES string of the molecule is CCCCCCCCCCCCCC(=O)O[C@H](COC(=O)CCCCCCCCCCC)COP(=O)(O)OC[C@H](O)COP(=O)(O)OC[C@@H](COC(=O)CCCCCCCCCCC(C)CC)OC(=O)CCCCCCCCCCCCC(C)C. The van der Waals surface area contributed by atoms with E-state index in [9.17, 15) is 43.2 Å². The number of hydrogen-bond acceptors (Lipinski definition) is 15. The first-order chi connectivity index (χ1) is 40.9. The summed E-state index contributed by atoms with van der Waals surface area (Å²) in [5.74, 6) is -0.601. The smallest absolute Gasteiger partial charge is 0.462 e. The van der Waals surface area contributed by atoms with Crippen LogP contribution in [0.25, 0.3) is 0 Å². The molecule has 0 bridgehead atoms. The van der Waals surface area contributed by atoms with Crippen molar-refractivity contribution in [1.82, 2.24) is 0 Å². The Bertz CT molecular complexity index is 1670. The number of aliphatic hydroxyl groups is 1. The molecule has 0 spiro atoms. The van der Waals surface area contributed by atoms with Gasteiger partial charge in [0.15, 0.2) is 12.2 Å². The highest BCUT2D eigenvalue weighted by Gasteiger charge is 2.30. The summed E-state index contributed by atoms with van der Waals surface area (Å²) in [7, 11) is -9.89. The van der Waals surface area contributed by atoms with Crippen LogP contribution in [0.4, 0.5) is 0 Å². The average molecular weight is 1260 g/mol. The van der Waals surface area contributed by atoms with Crippen molar-refractivity contribution < 1.29 is 80.2 Å². The fourth-order valence-corrected chi connectivity index (χ4v) is 11.4. The highest BCUT2D eigenvalue weighted by Crippen LogP contribution is 2.45. The van der Waals surface area contributed by atoms with Gasteiger partial charge >= 0.3 is 39.5 Å². The molecule has 3 unspecified atom stereocenters. The molecule has 0 saturated heterocycles. The van der Waals surface area contributed by atoms with Crippen LogP contribution in [0.3, 0.4) is 0 Å². The van der Waals surface area contributed by atoms with E-state index in [2.05, 4.69) is 41.5 Å². The van der Waals surface area contributed by atoms with Gasteiger partial charge in [0.1, 0.15) is 19.3 Å². The molecule has 0 aliphatic rings. The molecule has 0 heterocycles. The van der Waals surface area contributed by atoms with Crippen LogP contribution >= 0.6 is 15.6 Å². The summed E-state index contributed by atoms with van der Waals surface area (Å²) in [5.41, 5.74) is 0. The summed E-state index contributed by atoms with van der Waals surface area (Å²) in [4.78, 5) is 72.3. The zero-order chi connectivity index (χ0) is 62.9. The van der Waals surface area contributed by atoms with Crippen molar-refractivity contribution in [2.45, 2.75) is 349 Å². The van der Waals surface area contributed by atoms with Crippen molar-refractivity contribution in [3.05, 3.63) is 0 Å². The van der Waals surface area contributed by atoms with Crippen LogP contribution in [0.5, 0.6) is 0 Å². The molecule has 6 atom stereocenters. The number of hydrogen-bond donors (Lipinski definition) is 3. The lowest BCUT2D eigenvalue weighted by Gasteiger charge is -2.21. The van der Waals surface area contributed by atoms with Gasteiger partial charge in [-0.3, -0.25) is 37.3 Å². The third-order valence-electron chi connectivity index (χ3n) is 15.6. The van der Waals surface area contributed by atoms with Crippen LogP contribution in [0, 0.1) is 11.8 Å². The fourth-order valence-electron chi connectivity index (χ4n) is 9.85. The molecule has 0 saturated carbocycles. The van der Waals surface area contributed by atoms with Crippen molar-refractivity contribution in [2.24, 2.45) is 11.8 Å². The predicted octanol–water partition coefficient (Wildman–Crippen LogP) is 18.4. The molecule has 3 N–H and O–H groups in total. The lowest BCUT2D eigenvalue weighted by Crippen LogP contribution is -2.30. The van der Waals surface area contributed by atoms with Gasteiger partial charge in [-0.2, -0.15) is 0 Å². The van der Waals surface area contributed by atoms with Gasteiger partial charge in [0, 0.05) is 25.7 Å². The van der Waals surface area contributed by atoms with Crippen LogP contribution in [0.1, 0.15) is 330 Å². The topological polar surface area (TPSA) is 237 Å². The van der Waals surface area contributed by atoms with Gasteiger partial charge in [0.2, 0.25) is 0 Å². The molecular weight excluding hydrogens is 1130 g/mol. The number of ether oxygens (including phenoxy) is 4. The Hall–Kier alpha value is -1.94. The molecule has 0 aromatic carbocycles. The van der Waals surface area contributed by atoms with Gasteiger partial charge in [-0.15, -0.1) is 0 Å². The van der Waals surface area contributed by atoms with Crippen LogP contribution in [-0.4, -0.2) is 96.7 Å². The number of phosphoric acid groups is 2. The minimum Gasteiger partial charge on any atom is -0.462 e. The number of rotatable bonds is 65. The number of unbranched alkanes of at least 4 members (excludes halogenated alkanes) is 34. The average Bonchev–Trinajstić information content (AvgIpc) is 3.51. The molecular formula is C66H128O17P2. The second-order valence-corrected chi connectivity index (χ2v) is 27.5. The number of carbonyl (C=O) groups is 4. The molecule has 0 radical (unpaired) electrons. The maximum absolute atomic E-state index is 13.0. The zero-order valence-electron chi connectivity index (χ0n) is 54.9. The Morgan fingerprint density at radius 1 is 0.341 bits per heavy atom. The van der Waals surface area contributed by atoms with E-state index in [1.165, 1.54) is 148 Å². The Kier molecular flexibility index (Phi) is 57.1. The Morgan fingerprint density at radius 2 is 0.600 bits per heavy atom. The van der Waals surface area contributed by atoms with Gasteiger partial charge < -0.3 is 33.8 Å². The van der Waals surface area contributed by atoms with Gasteiger partial charge in [-0.05, 0) is 37.5 Å². The van der Waals surface area contributed by atoms with Crippen LogP contribution in [0.2, 0.25) is 0 Å². The van der Waals surface area contributed by atoms with Crippen LogP contribution in [0.15, 0.2) is 0 Å². The van der Waals surface area contributed by atoms with Gasteiger partial charge in [-0.25, -0.2) is 9.13 Å². The van der Waals surface area contributed by atoms with E-state index >= 15 is 0 Å². The second-order valence-electron chi connectivity index (χ2n) is 24.6. The normalized spacial score (nSPS) is 14.6. The number of aliphatic hydroxyl groups excluding tert-OH is 1. The van der Waals surface area contributed by atoms with E-state index in [1.54, 1.807) is 0 Å². The summed E-state index contributed by atoms with van der Waals surface area (Å²) < 4.78 is 68.1. The molecule has 0 aromatic rings. The Labute approximate surface area is 517 Å². The number of phosphoric ester groups is 2. The van der Waals surface area contributed by atoms with Gasteiger partial charge in [0.25, 0.3) is 0 Å². The van der Waals surface area contributed by atoms with E-state index in [0.29, 0.717) is 25.7 Å².